The lowest BCUT2D eigenvalue weighted by atomic mass is 9.65. The van der Waals surface area contributed by atoms with Gasteiger partial charge >= 0.3 is 0 Å². The number of unbranched alkanes of at least 4 members (excludes halogenated alkanes) is 1. The molecule has 1 aromatic carbocycles. The first-order valence-corrected chi connectivity index (χ1v) is 7.53. The lowest BCUT2D eigenvalue weighted by molar-refractivity contribution is 0.0452. The molecule has 1 fully saturated rings. The van der Waals surface area contributed by atoms with Gasteiger partial charge in [-0.1, -0.05) is 69.4 Å². The van der Waals surface area contributed by atoms with Crippen LogP contribution in [0.25, 0.3) is 0 Å². The lowest BCUT2D eigenvalue weighted by Crippen LogP contribution is -2.41. The Balaban J connectivity index is 2.22. The van der Waals surface area contributed by atoms with Crippen LogP contribution in [-0.2, 0) is 5.41 Å². The summed E-state index contributed by atoms with van der Waals surface area (Å²) in [5, 5.41) is 10.7. The monoisotopic (exact) mass is 246 g/mol. The van der Waals surface area contributed by atoms with E-state index in [0.29, 0.717) is 0 Å². The van der Waals surface area contributed by atoms with Crippen LogP contribution in [0, 0.1) is 0 Å². The maximum atomic E-state index is 10.7. The van der Waals surface area contributed by atoms with E-state index in [0.717, 1.165) is 25.7 Å². The van der Waals surface area contributed by atoms with Crippen LogP contribution in [0.3, 0.4) is 0 Å². The zero-order valence-corrected chi connectivity index (χ0v) is 11.6. The Morgan fingerprint density at radius 1 is 1.11 bits per heavy atom. The van der Waals surface area contributed by atoms with Gasteiger partial charge in [-0.15, -0.1) is 0 Å². The van der Waals surface area contributed by atoms with Crippen LogP contribution in [0.2, 0.25) is 0 Å². The van der Waals surface area contributed by atoms with Crippen molar-refractivity contribution in [3.63, 3.8) is 0 Å². The molecule has 0 amide bonds. The number of aliphatic hydroxyl groups is 1. The highest BCUT2D eigenvalue weighted by molar-refractivity contribution is 5.27. The summed E-state index contributed by atoms with van der Waals surface area (Å²) >= 11 is 0. The van der Waals surface area contributed by atoms with Crippen molar-refractivity contribution in [3.05, 3.63) is 35.9 Å². The zero-order valence-electron chi connectivity index (χ0n) is 11.6. The Morgan fingerprint density at radius 2 is 1.78 bits per heavy atom. The summed E-state index contributed by atoms with van der Waals surface area (Å²) in [7, 11) is 0. The van der Waals surface area contributed by atoms with E-state index in [1.165, 1.54) is 31.2 Å². The van der Waals surface area contributed by atoms with Crippen LogP contribution in [0.1, 0.15) is 63.9 Å². The summed E-state index contributed by atoms with van der Waals surface area (Å²) < 4.78 is 0. The number of rotatable bonds is 5. The molecule has 1 aliphatic carbocycles. The summed E-state index contributed by atoms with van der Waals surface area (Å²) in [5.41, 5.74) is 1.39. The van der Waals surface area contributed by atoms with Gasteiger partial charge in [-0.2, -0.15) is 0 Å². The van der Waals surface area contributed by atoms with Crippen LogP contribution < -0.4 is 0 Å². The first-order valence-electron chi connectivity index (χ1n) is 7.53. The maximum absolute atomic E-state index is 10.7. The van der Waals surface area contributed by atoms with Crippen molar-refractivity contribution in [2.45, 2.75) is 69.8 Å². The van der Waals surface area contributed by atoms with Crippen molar-refractivity contribution in [2.75, 3.05) is 0 Å². The maximum Gasteiger partial charge on any atom is 0.0636 e. The highest BCUT2D eigenvalue weighted by Gasteiger charge is 2.39. The summed E-state index contributed by atoms with van der Waals surface area (Å²) in [6.07, 6.45) is 9.25. The third kappa shape index (κ3) is 2.77. The minimum Gasteiger partial charge on any atom is -0.392 e. The fourth-order valence-electron chi connectivity index (χ4n) is 3.44. The Bertz CT molecular complexity index is 338. The fourth-order valence-corrected chi connectivity index (χ4v) is 3.44. The summed E-state index contributed by atoms with van der Waals surface area (Å²) in [5.74, 6) is 0. The van der Waals surface area contributed by atoms with Crippen LogP contribution >= 0.6 is 0 Å². The van der Waals surface area contributed by atoms with Crippen LogP contribution in [-0.4, -0.2) is 11.2 Å². The molecule has 0 saturated heterocycles. The second-order valence-electron chi connectivity index (χ2n) is 5.74. The van der Waals surface area contributed by atoms with Crippen LogP contribution in [0.5, 0.6) is 0 Å². The molecule has 1 aromatic rings. The SMILES string of the molecule is CCCCC(O)C1(c2ccccc2)CCCCC1. The molecule has 0 bridgehead atoms. The average Bonchev–Trinajstić information content (AvgIpc) is 2.46. The third-order valence-corrected chi connectivity index (χ3v) is 4.56. The number of benzene rings is 1. The molecule has 1 saturated carbocycles. The molecule has 18 heavy (non-hydrogen) atoms. The van der Waals surface area contributed by atoms with E-state index in [-0.39, 0.29) is 11.5 Å². The minimum atomic E-state index is -0.167. The van der Waals surface area contributed by atoms with Gasteiger partial charge < -0.3 is 5.11 Å². The minimum absolute atomic E-state index is 0.0364. The second-order valence-corrected chi connectivity index (χ2v) is 5.74. The third-order valence-electron chi connectivity index (χ3n) is 4.56. The molecule has 100 valence electrons. The van der Waals surface area contributed by atoms with Crippen molar-refractivity contribution in [2.24, 2.45) is 0 Å². The van der Waals surface area contributed by atoms with Crippen molar-refractivity contribution in [1.29, 1.82) is 0 Å². The summed E-state index contributed by atoms with van der Waals surface area (Å²) in [4.78, 5) is 0. The molecule has 1 unspecified atom stereocenters. The van der Waals surface area contributed by atoms with Crippen molar-refractivity contribution in [1.82, 2.24) is 0 Å². The molecule has 1 nitrogen and oxygen atoms in total. The molecule has 0 spiro atoms. The standard InChI is InChI=1S/C17H26O/c1-2-3-12-16(18)17(13-8-5-9-14-17)15-10-6-4-7-11-15/h4,6-7,10-11,16,18H,2-3,5,8-9,12-14H2,1H3. The van der Waals surface area contributed by atoms with Gasteiger partial charge in [0, 0.05) is 5.41 Å². The molecule has 0 radical (unpaired) electrons. The van der Waals surface area contributed by atoms with Gasteiger partial charge in [-0.25, -0.2) is 0 Å². The fraction of sp³-hybridized carbons (Fsp3) is 0.647. The van der Waals surface area contributed by atoms with Gasteiger partial charge in [0.25, 0.3) is 0 Å². The van der Waals surface area contributed by atoms with Gasteiger partial charge in [0.2, 0.25) is 0 Å². The molecule has 0 aliphatic heterocycles. The van der Waals surface area contributed by atoms with Gasteiger partial charge in [0.1, 0.15) is 0 Å². The Morgan fingerprint density at radius 3 is 2.39 bits per heavy atom. The molecule has 1 N–H and O–H groups in total. The van der Waals surface area contributed by atoms with E-state index in [1.54, 1.807) is 0 Å². The number of hydrogen-bond acceptors (Lipinski definition) is 1. The van der Waals surface area contributed by atoms with Crippen LogP contribution in [0.4, 0.5) is 0 Å². The van der Waals surface area contributed by atoms with Crippen molar-refractivity contribution < 1.29 is 5.11 Å². The quantitative estimate of drug-likeness (QED) is 0.814. The van der Waals surface area contributed by atoms with Crippen molar-refractivity contribution in [3.8, 4) is 0 Å². The topological polar surface area (TPSA) is 20.2 Å². The zero-order chi connectivity index (χ0) is 12.8. The van der Waals surface area contributed by atoms with E-state index in [4.69, 9.17) is 0 Å². The molecule has 0 aromatic heterocycles. The second kappa shape index (κ2) is 6.38. The normalized spacial score (nSPS) is 20.6. The van der Waals surface area contributed by atoms with Gasteiger partial charge in [-0.05, 0) is 24.8 Å². The molecule has 1 atom stereocenters. The van der Waals surface area contributed by atoms with Gasteiger partial charge in [0.05, 0.1) is 6.10 Å². The van der Waals surface area contributed by atoms with Gasteiger partial charge in [0.15, 0.2) is 0 Å². The summed E-state index contributed by atoms with van der Waals surface area (Å²) in [6, 6.07) is 10.7. The first-order chi connectivity index (χ1) is 8.79. The van der Waals surface area contributed by atoms with E-state index >= 15 is 0 Å². The van der Waals surface area contributed by atoms with E-state index in [2.05, 4.69) is 37.3 Å². The first kappa shape index (κ1) is 13.6. The van der Waals surface area contributed by atoms with Gasteiger partial charge in [-0.3, -0.25) is 0 Å². The Hall–Kier alpha value is -0.820. The smallest absolute Gasteiger partial charge is 0.0636 e. The lowest BCUT2D eigenvalue weighted by Gasteiger charge is -2.42. The Kier molecular flexibility index (Phi) is 4.82. The van der Waals surface area contributed by atoms with Crippen molar-refractivity contribution >= 4 is 0 Å². The highest BCUT2D eigenvalue weighted by Crippen LogP contribution is 2.43. The molecular weight excluding hydrogens is 220 g/mol. The van der Waals surface area contributed by atoms with Crippen LogP contribution in [0.15, 0.2) is 30.3 Å². The number of aliphatic hydroxyl groups excluding tert-OH is 1. The van der Waals surface area contributed by atoms with E-state index in [9.17, 15) is 5.11 Å². The van der Waals surface area contributed by atoms with E-state index in [1.807, 2.05) is 0 Å². The molecule has 1 heteroatoms. The predicted octanol–water partition coefficient (Wildman–Crippen LogP) is 4.44. The number of hydrogen-bond donors (Lipinski definition) is 1. The molecule has 0 heterocycles. The van der Waals surface area contributed by atoms with E-state index < -0.39 is 0 Å². The summed E-state index contributed by atoms with van der Waals surface area (Å²) in [6.45, 7) is 2.20. The predicted molar refractivity (Wildman–Crippen MR) is 76.7 cm³/mol. The molecule has 2 rings (SSSR count). The molecular formula is C17H26O. The molecule has 1 aliphatic rings. The Labute approximate surface area is 111 Å². The largest absolute Gasteiger partial charge is 0.392 e. The highest BCUT2D eigenvalue weighted by atomic mass is 16.3. The average molecular weight is 246 g/mol.